The molecule has 106 valence electrons. The largest absolute Gasteiger partial charge is 0.481 e. The maximum Gasteiger partial charge on any atom is 0.445 e. The summed E-state index contributed by atoms with van der Waals surface area (Å²) < 4.78 is 42.1. The minimum Gasteiger partial charge on any atom is -0.481 e. The van der Waals surface area contributed by atoms with E-state index in [9.17, 15) is 18.0 Å². The Morgan fingerprint density at radius 2 is 2.26 bits per heavy atom. The van der Waals surface area contributed by atoms with Crippen LogP contribution in [0.1, 0.15) is 11.9 Å². The minimum absolute atomic E-state index is 0.00900. The summed E-state index contributed by atoms with van der Waals surface area (Å²) >= 11 is 0.332. The predicted molar refractivity (Wildman–Crippen MR) is 58.9 cm³/mol. The average Bonchev–Trinajstić information content (AvgIpc) is 2.87. The Bertz CT molecular complexity index is 493. The molecule has 0 spiro atoms. The molecule has 2 heterocycles. The van der Waals surface area contributed by atoms with Gasteiger partial charge >= 0.3 is 12.1 Å². The number of carbonyl (C=O) groups is 1. The van der Waals surface area contributed by atoms with Crippen LogP contribution < -0.4 is 5.32 Å². The number of aromatic nitrogens is 2. The molecule has 1 fully saturated rings. The van der Waals surface area contributed by atoms with Gasteiger partial charge in [0.25, 0.3) is 0 Å². The Morgan fingerprint density at radius 1 is 1.58 bits per heavy atom. The lowest BCUT2D eigenvalue weighted by molar-refractivity contribution is -0.148. The van der Waals surface area contributed by atoms with Crippen molar-refractivity contribution in [2.24, 2.45) is 5.41 Å². The Balaban J connectivity index is 2.13. The normalized spacial score (nSPS) is 27.5. The number of alkyl halides is 3. The SMILES string of the molecule is CC1(C(=O)O)COCC1Nc1nnc(C(F)(F)F)s1. The number of anilines is 1. The number of aliphatic carboxylic acids is 1. The third kappa shape index (κ3) is 2.63. The summed E-state index contributed by atoms with van der Waals surface area (Å²) in [4.78, 5) is 11.2. The molecule has 1 aromatic rings. The number of carboxylic acids is 1. The Morgan fingerprint density at radius 3 is 2.79 bits per heavy atom. The highest BCUT2D eigenvalue weighted by atomic mass is 32.1. The molecule has 0 aliphatic carbocycles. The van der Waals surface area contributed by atoms with E-state index in [4.69, 9.17) is 9.84 Å². The molecular weight excluding hydrogens is 287 g/mol. The van der Waals surface area contributed by atoms with Crippen molar-refractivity contribution in [3.63, 3.8) is 0 Å². The van der Waals surface area contributed by atoms with Crippen molar-refractivity contribution >= 4 is 22.4 Å². The van der Waals surface area contributed by atoms with Crippen LogP contribution in [0.5, 0.6) is 0 Å². The van der Waals surface area contributed by atoms with Gasteiger partial charge < -0.3 is 15.2 Å². The summed E-state index contributed by atoms with van der Waals surface area (Å²) in [6, 6.07) is -0.654. The molecule has 10 heteroatoms. The van der Waals surface area contributed by atoms with Crippen molar-refractivity contribution in [1.29, 1.82) is 0 Å². The highest BCUT2D eigenvalue weighted by Gasteiger charge is 2.47. The first kappa shape index (κ1) is 14.0. The zero-order chi connectivity index (χ0) is 14.3. The molecule has 2 rings (SSSR count). The minimum atomic E-state index is -4.56. The fourth-order valence-electron chi connectivity index (χ4n) is 1.63. The van der Waals surface area contributed by atoms with E-state index < -0.39 is 28.6 Å². The molecule has 0 saturated carbocycles. The quantitative estimate of drug-likeness (QED) is 0.878. The number of hydrogen-bond acceptors (Lipinski definition) is 6. The molecule has 0 amide bonds. The number of halogens is 3. The van der Waals surface area contributed by atoms with E-state index in [1.54, 1.807) is 0 Å². The monoisotopic (exact) mass is 297 g/mol. The molecule has 1 aliphatic heterocycles. The highest BCUT2D eigenvalue weighted by Crippen LogP contribution is 2.35. The highest BCUT2D eigenvalue weighted by molar-refractivity contribution is 7.15. The second-order valence-corrected chi connectivity index (χ2v) is 5.32. The molecule has 2 unspecified atom stereocenters. The van der Waals surface area contributed by atoms with Crippen LogP contribution >= 0.6 is 11.3 Å². The van der Waals surface area contributed by atoms with E-state index in [1.807, 2.05) is 0 Å². The molecule has 1 aromatic heterocycles. The van der Waals surface area contributed by atoms with Crippen LogP contribution in [0, 0.1) is 5.41 Å². The standard InChI is InChI=1S/C9H10F3N3O3S/c1-8(6(16)17)3-18-2-4(8)13-7-15-14-5(19-7)9(10,11)12/h4H,2-3H2,1H3,(H,13,15)(H,16,17). The number of nitrogens with one attached hydrogen (secondary N) is 1. The first-order chi connectivity index (χ1) is 8.73. The second kappa shape index (κ2) is 4.60. The van der Waals surface area contributed by atoms with Gasteiger partial charge in [-0.3, -0.25) is 4.79 Å². The van der Waals surface area contributed by atoms with Gasteiger partial charge in [-0.05, 0) is 6.92 Å². The van der Waals surface area contributed by atoms with Gasteiger partial charge in [0.2, 0.25) is 10.1 Å². The first-order valence-electron chi connectivity index (χ1n) is 5.22. The number of ether oxygens (including phenoxy) is 1. The van der Waals surface area contributed by atoms with E-state index in [2.05, 4.69) is 15.5 Å². The number of rotatable bonds is 3. The second-order valence-electron chi connectivity index (χ2n) is 4.34. The summed E-state index contributed by atoms with van der Waals surface area (Å²) in [5, 5.41) is 17.0. The van der Waals surface area contributed by atoms with Gasteiger partial charge in [-0.25, -0.2) is 0 Å². The van der Waals surface area contributed by atoms with Crippen LogP contribution in [0.25, 0.3) is 0 Å². The molecule has 2 N–H and O–H groups in total. The summed E-state index contributed by atoms with van der Waals surface area (Å²) in [6.07, 6.45) is -4.56. The van der Waals surface area contributed by atoms with Crippen LogP contribution in [0.3, 0.4) is 0 Å². The number of nitrogens with zero attached hydrogens (tertiary/aromatic N) is 2. The Kier molecular flexibility index (Phi) is 3.39. The molecule has 6 nitrogen and oxygen atoms in total. The molecule has 2 atom stereocenters. The summed E-state index contributed by atoms with van der Waals surface area (Å²) in [6.45, 7) is 1.54. The zero-order valence-electron chi connectivity index (χ0n) is 9.69. The van der Waals surface area contributed by atoms with Gasteiger partial charge in [0, 0.05) is 0 Å². The topological polar surface area (TPSA) is 84.3 Å². The van der Waals surface area contributed by atoms with Crippen LogP contribution in [0.4, 0.5) is 18.3 Å². The van der Waals surface area contributed by atoms with Crippen LogP contribution in [0.15, 0.2) is 0 Å². The zero-order valence-corrected chi connectivity index (χ0v) is 10.5. The summed E-state index contributed by atoms with van der Waals surface area (Å²) in [5.41, 5.74) is -1.20. The number of carboxylic acid groups (broad SMARTS) is 1. The third-order valence-electron chi connectivity index (χ3n) is 2.91. The molecule has 1 saturated heterocycles. The van der Waals surface area contributed by atoms with Crippen molar-refractivity contribution in [2.45, 2.75) is 19.1 Å². The van der Waals surface area contributed by atoms with Gasteiger partial charge in [-0.1, -0.05) is 11.3 Å². The molecule has 0 aromatic carbocycles. The lowest BCUT2D eigenvalue weighted by Crippen LogP contribution is -2.43. The predicted octanol–water partition coefficient (Wildman–Crippen LogP) is 1.46. The Labute approximate surface area is 109 Å². The van der Waals surface area contributed by atoms with Gasteiger partial charge in [0.05, 0.1) is 19.3 Å². The fraction of sp³-hybridized carbons (Fsp3) is 0.667. The maximum absolute atomic E-state index is 12.4. The van der Waals surface area contributed by atoms with E-state index in [0.717, 1.165) is 0 Å². The average molecular weight is 297 g/mol. The molecule has 0 bridgehead atoms. The first-order valence-corrected chi connectivity index (χ1v) is 6.03. The van der Waals surface area contributed by atoms with Crippen LogP contribution in [0.2, 0.25) is 0 Å². The van der Waals surface area contributed by atoms with Crippen molar-refractivity contribution in [3.05, 3.63) is 5.01 Å². The smallest absolute Gasteiger partial charge is 0.445 e. The molecule has 0 radical (unpaired) electrons. The Hall–Kier alpha value is -1.42. The van der Waals surface area contributed by atoms with Gasteiger partial charge in [0.1, 0.15) is 5.41 Å². The maximum atomic E-state index is 12.4. The van der Waals surface area contributed by atoms with Crippen molar-refractivity contribution in [3.8, 4) is 0 Å². The van der Waals surface area contributed by atoms with Crippen LogP contribution in [-0.4, -0.2) is 40.5 Å². The lowest BCUT2D eigenvalue weighted by Gasteiger charge is -2.24. The summed E-state index contributed by atoms with van der Waals surface area (Å²) in [7, 11) is 0. The van der Waals surface area contributed by atoms with Gasteiger partial charge in [-0.15, -0.1) is 10.2 Å². The number of hydrogen-bond donors (Lipinski definition) is 2. The molecule has 1 aliphatic rings. The fourth-order valence-corrected chi connectivity index (χ4v) is 2.29. The van der Waals surface area contributed by atoms with E-state index in [1.165, 1.54) is 6.92 Å². The molecular formula is C9H10F3N3O3S. The van der Waals surface area contributed by atoms with E-state index in [0.29, 0.717) is 11.3 Å². The third-order valence-corrected chi connectivity index (χ3v) is 3.81. The van der Waals surface area contributed by atoms with Gasteiger partial charge in [0.15, 0.2) is 0 Å². The van der Waals surface area contributed by atoms with E-state index >= 15 is 0 Å². The lowest BCUT2D eigenvalue weighted by atomic mass is 9.85. The van der Waals surface area contributed by atoms with Crippen LogP contribution in [-0.2, 0) is 15.7 Å². The van der Waals surface area contributed by atoms with Crippen molar-refractivity contribution < 1.29 is 27.8 Å². The summed E-state index contributed by atoms with van der Waals surface area (Å²) in [5.74, 6) is -1.08. The van der Waals surface area contributed by atoms with Crippen molar-refractivity contribution in [2.75, 3.05) is 18.5 Å². The van der Waals surface area contributed by atoms with E-state index in [-0.39, 0.29) is 18.3 Å². The molecule has 19 heavy (non-hydrogen) atoms. The van der Waals surface area contributed by atoms with Crippen molar-refractivity contribution in [1.82, 2.24) is 10.2 Å². The van der Waals surface area contributed by atoms with Gasteiger partial charge in [-0.2, -0.15) is 13.2 Å².